The number of rotatable bonds is 2. The maximum absolute atomic E-state index is 12.9. The number of carbonyl (C=O) groups excluding carboxylic acids is 1. The van der Waals surface area contributed by atoms with Crippen LogP contribution in [-0.2, 0) is 12.8 Å². The van der Waals surface area contributed by atoms with Crippen LogP contribution in [0.4, 0.5) is 0 Å². The molecular formula is C19H20O2. The zero-order chi connectivity index (χ0) is 14.8. The van der Waals surface area contributed by atoms with Gasteiger partial charge < -0.3 is 4.74 Å². The summed E-state index contributed by atoms with van der Waals surface area (Å²) in [6.07, 6.45) is 2.69. The molecular weight excluding hydrogens is 260 g/mol. The number of benzene rings is 2. The van der Waals surface area contributed by atoms with Crippen LogP contribution in [-0.4, -0.2) is 12.9 Å². The van der Waals surface area contributed by atoms with Crippen LogP contribution in [0.2, 0.25) is 0 Å². The summed E-state index contributed by atoms with van der Waals surface area (Å²) in [6, 6.07) is 14.2. The van der Waals surface area contributed by atoms with Crippen molar-refractivity contribution in [3.05, 3.63) is 64.7 Å². The molecule has 0 amide bonds. The third kappa shape index (κ3) is 2.46. The largest absolute Gasteiger partial charge is 0.497 e. The summed E-state index contributed by atoms with van der Waals surface area (Å²) in [4.78, 5) is 12.9. The lowest BCUT2D eigenvalue weighted by atomic mass is 9.80. The van der Waals surface area contributed by atoms with Gasteiger partial charge in [-0.05, 0) is 54.2 Å². The van der Waals surface area contributed by atoms with Crippen LogP contribution in [0.5, 0.6) is 5.75 Å². The summed E-state index contributed by atoms with van der Waals surface area (Å²) in [5.41, 5.74) is 4.46. The monoisotopic (exact) mass is 280 g/mol. The van der Waals surface area contributed by atoms with Crippen molar-refractivity contribution in [1.82, 2.24) is 0 Å². The Morgan fingerprint density at radius 1 is 1.10 bits per heavy atom. The minimum atomic E-state index is -0.0337. The number of ether oxygens (including phenoxy) is 1. The van der Waals surface area contributed by atoms with E-state index in [1.165, 1.54) is 11.1 Å². The first kappa shape index (κ1) is 13.9. The second kappa shape index (κ2) is 5.72. The van der Waals surface area contributed by atoms with E-state index < -0.39 is 0 Å². The molecule has 3 rings (SSSR count). The first-order valence-electron chi connectivity index (χ1n) is 7.53. The Kier molecular flexibility index (Phi) is 3.78. The summed E-state index contributed by atoms with van der Waals surface area (Å²) < 4.78 is 5.30. The molecule has 108 valence electrons. The smallest absolute Gasteiger partial charge is 0.170 e. The van der Waals surface area contributed by atoms with Crippen LogP contribution in [0, 0.1) is 0 Å². The van der Waals surface area contributed by atoms with Gasteiger partial charge in [0.25, 0.3) is 0 Å². The number of aryl methyl sites for hydroxylation is 2. The first-order valence-corrected chi connectivity index (χ1v) is 7.53. The van der Waals surface area contributed by atoms with E-state index in [4.69, 9.17) is 4.74 Å². The Labute approximate surface area is 125 Å². The van der Waals surface area contributed by atoms with E-state index in [1.807, 2.05) is 24.3 Å². The Balaban J connectivity index is 2.12. The van der Waals surface area contributed by atoms with Gasteiger partial charge in [-0.1, -0.05) is 31.2 Å². The highest BCUT2D eigenvalue weighted by molar-refractivity contribution is 6.02. The molecule has 1 atom stereocenters. The van der Waals surface area contributed by atoms with E-state index in [9.17, 15) is 4.79 Å². The lowest BCUT2D eigenvalue weighted by Crippen LogP contribution is -2.19. The summed E-state index contributed by atoms with van der Waals surface area (Å²) in [5.74, 6) is 1.03. The number of Topliss-reactive ketones (excluding diaryl/α,β-unsaturated/α-hetero) is 1. The number of hydrogen-bond acceptors (Lipinski definition) is 2. The Morgan fingerprint density at radius 2 is 1.86 bits per heavy atom. The van der Waals surface area contributed by atoms with E-state index in [0.717, 1.165) is 36.1 Å². The predicted molar refractivity (Wildman–Crippen MR) is 84.2 cm³/mol. The van der Waals surface area contributed by atoms with E-state index >= 15 is 0 Å². The Bertz CT molecular complexity index is 673. The van der Waals surface area contributed by atoms with Crippen LogP contribution in [0.1, 0.15) is 46.3 Å². The van der Waals surface area contributed by atoms with E-state index in [-0.39, 0.29) is 11.7 Å². The minimum Gasteiger partial charge on any atom is -0.497 e. The Morgan fingerprint density at radius 3 is 2.62 bits per heavy atom. The van der Waals surface area contributed by atoms with Crippen molar-refractivity contribution in [2.75, 3.05) is 7.11 Å². The number of hydrogen-bond donors (Lipinski definition) is 0. The molecule has 0 spiro atoms. The summed E-state index contributed by atoms with van der Waals surface area (Å²) >= 11 is 0. The van der Waals surface area contributed by atoms with E-state index in [2.05, 4.69) is 25.1 Å². The van der Waals surface area contributed by atoms with Gasteiger partial charge in [-0.15, -0.1) is 0 Å². The molecule has 0 radical (unpaired) electrons. The topological polar surface area (TPSA) is 26.3 Å². The molecule has 2 nitrogen and oxygen atoms in total. The van der Waals surface area contributed by atoms with Gasteiger partial charge in [0.05, 0.1) is 7.11 Å². The quantitative estimate of drug-likeness (QED) is 0.825. The molecule has 1 aliphatic rings. The van der Waals surface area contributed by atoms with Crippen LogP contribution < -0.4 is 4.74 Å². The second-order valence-corrected chi connectivity index (χ2v) is 5.55. The van der Waals surface area contributed by atoms with Crippen molar-refractivity contribution < 1.29 is 9.53 Å². The van der Waals surface area contributed by atoms with Crippen LogP contribution in [0.15, 0.2) is 42.5 Å². The molecule has 0 saturated heterocycles. The van der Waals surface area contributed by atoms with Crippen molar-refractivity contribution in [2.45, 2.75) is 32.1 Å². The van der Waals surface area contributed by atoms with Crippen molar-refractivity contribution >= 4 is 5.78 Å². The summed E-state index contributed by atoms with van der Waals surface area (Å²) in [6.45, 7) is 2.09. The molecule has 0 N–H and O–H groups in total. The molecule has 2 aromatic rings. The number of methoxy groups -OCH3 is 1. The zero-order valence-electron chi connectivity index (χ0n) is 12.6. The van der Waals surface area contributed by atoms with Gasteiger partial charge in [-0.25, -0.2) is 0 Å². The van der Waals surface area contributed by atoms with Gasteiger partial charge in [0.15, 0.2) is 5.78 Å². The standard InChI is InChI=1S/C19H20O2/c1-3-16-17-7-5-4-6-13(17)8-9-14-12-15(21-2)10-11-18(14)19(16)20/h4-7,10-12,16H,3,8-9H2,1-2H3/t16-/m1/s1. The molecule has 0 heterocycles. The highest BCUT2D eigenvalue weighted by Crippen LogP contribution is 2.33. The average Bonchev–Trinajstić information content (AvgIpc) is 2.53. The lowest BCUT2D eigenvalue weighted by Gasteiger charge is -2.23. The number of carbonyl (C=O) groups is 1. The molecule has 0 aliphatic heterocycles. The normalized spacial score (nSPS) is 17.4. The summed E-state index contributed by atoms with van der Waals surface area (Å²) in [7, 11) is 1.66. The van der Waals surface area contributed by atoms with Gasteiger partial charge in [0.2, 0.25) is 0 Å². The lowest BCUT2D eigenvalue weighted by molar-refractivity contribution is 0.0955. The van der Waals surface area contributed by atoms with Gasteiger partial charge in [-0.3, -0.25) is 4.79 Å². The van der Waals surface area contributed by atoms with Crippen LogP contribution in [0.25, 0.3) is 0 Å². The fourth-order valence-electron chi connectivity index (χ4n) is 3.25. The molecule has 1 aliphatic carbocycles. The number of fused-ring (bicyclic) bond motifs is 2. The molecule has 0 unspecified atom stereocenters. The van der Waals surface area contributed by atoms with E-state index in [0.29, 0.717) is 0 Å². The predicted octanol–water partition coefficient (Wildman–Crippen LogP) is 4.17. The highest BCUT2D eigenvalue weighted by Gasteiger charge is 2.26. The van der Waals surface area contributed by atoms with E-state index in [1.54, 1.807) is 7.11 Å². The highest BCUT2D eigenvalue weighted by atomic mass is 16.5. The third-order valence-electron chi connectivity index (χ3n) is 4.40. The van der Waals surface area contributed by atoms with Crippen LogP contribution >= 0.6 is 0 Å². The number of ketones is 1. The zero-order valence-corrected chi connectivity index (χ0v) is 12.6. The first-order chi connectivity index (χ1) is 10.2. The second-order valence-electron chi connectivity index (χ2n) is 5.55. The van der Waals surface area contributed by atoms with Gasteiger partial charge in [0.1, 0.15) is 5.75 Å². The third-order valence-corrected chi connectivity index (χ3v) is 4.40. The molecule has 2 aromatic carbocycles. The molecule has 0 fully saturated rings. The minimum absolute atomic E-state index is 0.0337. The van der Waals surface area contributed by atoms with Crippen LogP contribution in [0.3, 0.4) is 0 Å². The molecule has 0 saturated carbocycles. The van der Waals surface area contributed by atoms with Crippen molar-refractivity contribution in [1.29, 1.82) is 0 Å². The van der Waals surface area contributed by atoms with Gasteiger partial charge >= 0.3 is 0 Å². The fraction of sp³-hybridized carbons (Fsp3) is 0.316. The van der Waals surface area contributed by atoms with Crippen molar-refractivity contribution in [3.63, 3.8) is 0 Å². The summed E-state index contributed by atoms with van der Waals surface area (Å²) in [5, 5.41) is 0. The van der Waals surface area contributed by atoms with Gasteiger partial charge in [-0.2, -0.15) is 0 Å². The molecule has 0 aromatic heterocycles. The molecule has 2 heteroatoms. The molecule has 0 bridgehead atoms. The van der Waals surface area contributed by atoms with Crippen molar-refractivity contribution in [3.8, 4) is 5.75 Å². The fourth-order valence-corrected chi connectivity index (χ4v) is 3.25. The average molecular weight is 280 g/mol. The maximum Gasteiger partial charge on any atom is 0.170 e. The SMILES string of the molecule is CC[C@H]1C(=O)c2ccc(OC)cc2CCc2ccccc21. The Hall–Kier alpha value is -2.09. The van der Waals surface area contributed by atoms with Gasteiger partial charge in [0, 0.05) is 11.5 Å². The van der Waals surface area contributed by atoms with Crippen molar-refractivity contribution in [2.24, 2.45) is 0 Å². The maximum atomic E-state index is 12.9. The molecule has 21 heavy (non-hydrogen) atoms.